The summed E-state index contributed by atoms with van der Waals surface area (Å²) in [4.78, 5) is 0. The van der Waals surface area contributed by atoms with Crippen LogP contribution in [0.5, 0.6) is 0 Å². The molecule has 0 radical (unpaired) electrons. The average Bonchev–Trinajstić information content (AvgIpc) is 2.57. The molecular formula is C19H32F4N+. The number of nitrogens with zero attached hydrogens (tertiary/aromatic N) is 1. The molecule has 1 saturated heterocycles. The second kappa shape index (κ2) is 10.0. The van der Waals surface area contributed by atoms with Crippen LogP contribution in [0.1, 0.15) is 72.3 Å². The van der Waals surface area contributed by atoms with Gasteiger partial charge >= 0.3 is 0 Å². The molecule has 140 valence electrons. The van der Waals surface area contributed by atoms with E-state index in [-0.39, 0.29) is 4.48 Å². The second-order valence-electron chi connectivity index (χ2n) is 6.08. The van der Waals surface area contributed by atoms with Gasteiger partial charge in [0.05, 0.1) is 20.1 Å². The van der Waals surface area contributed by atoms with E-state index in [4.69, 9.17) is 0 Å². The number of hydrogen-bond donors (Lipinski definition) is 0. The number of likely N-dealkylation sites (tertiary alicyclic amines) is 1. The van der Waals surface area contributed by atoms with Crippen LogP contribution in [0.15, 0.2) is 0 Å². The van der Waals surface area contributed by atoms with Gasteiger partial charge in [-0.3, -0.25) is 4.48 Å². The van der Waals surface area contributed by atoms with E-state index in [1.165, 1.54) is 13.8 Å². The quantitative estimate of drug-likeness (QED) is 0.323. The van der Waals surface area contributed by atoms with Gasteiger partial charge in [-0.1, -0.05) is 41.5 Å². The normalized spacial score (nSPS) is 16.0. The van der Waals surface area contributed by atoms with Crippen molar-refractivity contribution in [1.82, 2.24) is 4.48 Å². The number of piperidine rings is 1. The van der Waals surface area contributed by atoms with Crippen LogP contribution in [0.4, 0.5) is 23.2 Å². The monoisotopic (exact) mass is 350 g/mol. The zero-order chi connectivity index (χ0) is 19.1. The molecule has 2 rings (SSSR count). The van der Waals surface area contributed by atoms with Crippen LogP contribution in [-0.2, 0) is 0 Å². The lowest BCUT2D eigenvalue weighted by Crippen LogP contribution is -2.50. The lowest BCUT2D eigenvalue weighted by atomic mass is 9.98. The Labute approximate surface area is 144 Å². The molecule has 0 aliphatic carbocycles. The Morgan fingerprint density at radius 1 is 0.708 bits per heavy atom. The molecule has 0 spiro atoms. The summed E-state index contributed by atoms with van der Waals surface area (Å²) >= 11 is 0. The Morgan fingerprint density at radius 2 is 1.08 bits per heavy atom. The molecule has 1 heterocycles. The van der Waals surface area contributed by atoms with Gasteiger partial charge in [-0.15, -0.1) is 0 Å². The van der Waals surface area contributed by atoms with Crippen molar-refractivity contribution in [2.75, 3.05) is 20.1 Å². The molecule has 1 fully saturated rings. The Morgan fingerprint density at radius 3 is 1.42 bits per heavy atom. The summed E-state index contributed by atoms with van der Waals surface area (Å²) in [5, 5.41) is 0. The Hall–Kier alpha value is -1.10. The SMILES string of the molecule is CC.CC.CC(C)c1c(F)c(F)c([N+]2(C)CCCCC2)c(F)c1F. The highest BCUT2D eigenvalue weighted by atomic mass is 19.2. The maximum absolute atomic E-state index is 14.3. The lowest BCUT2D eigenvalue weighted by molar-refractivity contribution is 0.251. The Balaban J connectivity index is 0.00000123. The highest BCUT2D eigenvalue weighted by Gasteiger charge is 2.39. The molecule has 0 amide bonds. The van der Waals surface area contributed by atoms with E-state index in [1.807, 2.05) is 27.7 Å². The van der Waals surface area contributed by atoms with Gasteiger partial charge in [0.1, 0.15) is 0 Å². The molecule has 0 aromatic heterocycles. The summed E-state index contributed by atoms with van der Waals surface area (Å²) in [6.07, 6.45) is 2.57. The average molecular weight is 350 g/mol. The largest absolute Gasteiger partial charge is 0.288 e. The fourth-order valence-electron chi connectivity index (χ4n) is 3.05. The van der Waals surface area contributed by atoms with Crippen molar-refractivity contribution in [3.63, 3.8) is 0 Å². The van der Waals surface area contributed by atoms with Gasteiger partial charge in [0.15, 0.2) is 11.6 Å². The van der Waals surface area contributed by atoms with Gasteiger partial charge < -0.3 is 0 Å². The number of benzene rings is 1. The molecule has 0 unspecified atom stereocenters. The van der Waals surface area contributed by atoms with Crippen molar-refractivity contribution < 1.29 is 17.6 Å². The van der Waals surface area contributed by atoms with E-state index in [9.17, 15) is 17.6 Å². The summed E-state index contributed by atoms with van der Waals surface area (Å²) in [7, 11) is 1.63. The van der Waals surface area contributed by atoms with Crippen LogP contribution in [0, 0.1) is 23.3 Å². The number of rotatable bonds is 2. The molecule has 1 aromatic carbocycles. The minimum Gasteiger partial charge on any atom is -0.288 e. The van der Waals surface area contributed by atoms with Crippen LogP contribution in [0.2, 0.25) is 0 Å². The smallest absolute Gasteiger partial charge is 0.222 e. The van der Waals surface area contributed by atoms with Gasteiger partial charge in [-0.05, 0) is 25.2 Å². The number of quaternary nitrogens is 1. The third-order valence-electron chi connectivity index (χ3n) is 4.19. The number of halogens is 4. The first kappa shape index (κ1) is 22.9. The molecule has 1 aromatic rings. The summed E-state index contributed by atoms with van der Waals surface area (Å²) in [6.45, 7) is 12.0. The van der Waals surface area contributed by atoms with E-state index in [0.29, 0.717) is 13.1 Å². The minimum absolute atomic E-state index is 0.0795. The molecule has 1 nitrogen and oxygen atoms in total. The standard InChI is InChI=1S/C15H20F4N.2C2H6/c1-9(2)10-11(16)13(18)15(14(19)12(10)17)20(3)7-5-4-6-8-20;2*1-2/h9H,4-8H2,1-3H3;2*1-2H3/q+1;;. The van der Waals surface area contributed by atoms with Gasteiger partial charge in [-0.2, -0.15) is 8.78 Å². The molecule has 0 saturated carbocycles. The first-order valence-electron chi connectivity index (χ1n) is 9.00. The van der Waals surface area contributed by atoms with E-state index in [0.717, 1.165) is 19.3 Å². The second-order valence-corrected chi connectivity index (χ2v) is 6.08. The van der Waals surface area contributed by atoms with Gasteiger partial charge in [0, 0.05) is 5.56 Å². The topological polar surface area (TPSA) is 0 Å². The van der Waals surface area contributed by atoms with Crippen LogP contribution < -0.4 is 4.48 Å². The maximum atomic E-state index is 14.3. The van der Waals surface area contributed by atoms with Crippen molar-refractivity contribution in [3.05, 3.63) is 28.8 Å². The third-order valence-corrected chi connectivity index (χ3v) is 4.19. The highest BCUT2D eigenvalue weighted by molar-refractivity contribution is 5.49. The molecular weight excluding hydrogens is 318 g/mol. The van der Waals surface area contributed by atoms with Crippen molar-refractivity contribution in [1.29, 1.82) is 0 Å². The van der Waals surface area contributed by atoms with E-state index in [2.05, 4.69) is 0 Å². The molecule has 5 heteroatoms. The summed E-state index contributed by atoms with van der Waals surface area (Å²) in [5.74, 6) is -5.59. The lowest BCUT2D eigenvalue weighted by Gasteiger charge is -2.37. The van der Waals surface area contributed by atoms with Crippen molar-refractivity contribution in [3.8, 4) is 0 Å². The first-order chi connectivity index (χ1) is 11.3. The predicted octanol–water partition coefficient (Wildman–Crippen LogP) is 6.54. The van der Waals surface area contributed by atoms with E-state index >= 15 is 0 Å². The fourth-order valence-corrected chi connectivity index (χ4v) is 3.05. The highest BCUT2D eigenvalue weighted by Crippen LogP contribution is 2.38. The van der Waals surface area contributed by atoms with E-state index in [1.54, 1.807) is 7.05 Å². The number of hydrogen-bond acceptors (Lipinski definition) is 0. The molecule has 24 heavy (non-hydrogen) atoms. The first-order valence-corrected chi connectivity index (χ1v) is 9.00. The molecule has 0 atom stereocenters. The fraction of sp³-hybridized carbons (Fsp3) is 0.684. The van der Waals surface area contributed by atoms with Gasteiger partial charge in [0.25, 0.3) is 0 Å². The minimum atomic E-state index is -1.25. The maximum Gasteiger partial charge on any atom is 0.222 e. The molecule has 0 bridgehead atoms. The van der Waals surface area contributed by atoms with Gasteiger partial charge in [-0.25, -0.2) is 8.78 Å². The zero-order valence-corrected chi connectivity index (χ0v) is 16.1. The molecule has 1 aliphatic heterocycles. The third kappa shape index (κ3) is 4.50. The summed E-state index contributed by atoms with van der Waals surface area (Å²) < 4.78 is 56.7. The van der Waals surface area contributed by atoms with Crippen molar-refractivity contribution >= 4 is 5.69 Å². The molecule has 0 N–H and O–H groups in total. The van der Waals surface area contributed by atoms with Crippen LogP contribution in [0.25, 0.3) is 0 Å². The van der Waals surface area contributed by atoms with Crippen molar-refractivity contribution in [2.45, 2.75) is 66.7 Å². The van der Waals surface area contributed by atoms with Gasteiger partial charge in [0.2, 0.25) is 17.3 Å². The Bertz CT molecular complexity index is 492. The molecule has 1 aliphatic rings. The van der Waals surface area contributed by atoms with Crippen LogP contribution >= 0.6 is 0 Å². The van der Waals surface area contributed by atoms with E-state index < -0.39 is 40.4 Å². The predicted molar refractivity (Wildman–Crippen MR) is 94.4 cm³/mol. The zero-order valence-electron chi connectivity index (χ0n) is 16.1. The summed E-state index contributed by atoms with van der Waals surface area (Å²) in [5.41, 5.74) is -0.976. The summed E-state index contributed by atoms with van der Waals surface area (Å²) in [6, 6.07) is 0. The van der Waals surface area contributed by atoms with Crippen LogP contribution in [-0.4, -0.2) is 20.1 Å². The Kier molecular flexibility index (Phi) is 9.56. The van der Waals surface area contributed by atoms with Crippen LogP contribution in [0.3, 0.4) is 0 Å². The van der Waals surface area contributed by atoms with Crippen molar-refractivity contribution in [2.24, 2.45) is 0 Å².